The summed E-state index contributed by atoms with van der Waals surface area (Å²) >= 11 is 0. The summed E-state index contributed by atoms with van der Waals surface area (Å²) in [6.07, 6.45) is 2.43. The molecule has 2 aromatic carbocycles. The van der Waals surface area contributed by atoms with Crippen molar-refractivity contribution in [2.24, 2.45) is 5.10 Å². The lowest BCUT2D eigenvalue weighted by Crippen LogP contribution is -2.48. The number of hydrogen-bond acceptors (Lipinski definition) is 6. The van der Waals surface area contributed by atoms with Crippen molar-refractivity contribution in [3.05, 3.63) is 71.8 Å². The van der Waals surface area contributed by atoms with Crippen molar-refractivity contribution < 1.29 is 19.1 Å². The number of nitrogens with one attached hydrogen (secondary N) is 1. The molecule has 1 N–H and O–H groups in total. The highest BCUT2D eigenvalue weighted by Gasteiger charge is 2.46. The van der Waals surface area contributed by atoms with Gasteiger partial charge in [-0.15, -0.1) is 0 Å². The van der Waals surface area contributed by atoms with Gasteiger partial charge >= 0.3 is 11.9 Å². The molecule has 3 rings (SSSR count). The van der Waals surface area contributed by atoms with E-state index in [1.807, 2.05) is 67.6 Å². The Labute approximate surface area is 170 Å². The summed E-state index contributed by atoms with van der Waals surface area (Å²) in [6.45, 7) is 2.40. The van der Waals surface area contributed by atoms with Crippen molar-refractivity contribution in [1.82, 2.24) is 5.43 Å². The Balaban J connectivity index is 1.60. The van der Waals surface area contributed by atoms with Gasteiger partial charge in [0.25, 0.3) is 0 Å². The Hall–Kier alpha value is -3.15. The first kappa shape index (κ1) is 20.6. The lowest BCUT2D eigenvalue weighted by molar-refractivity contribution is -0.153. The molecule has 0 amide bonds. The van der Waals surface area contributed by atoms with Gasteiger partial charge in [-0.2, -0.15) is 5.10 Å². The van der Waals surface area contributed by atoms with E-state index in [4.69, 9.17) is 9.47 Å². The first-order valence-electron chi connectivity index (χ1n) is 9.89. The summed E-state index contributed by atoms with van der Waals surface area (Å²) in [6, 6.07) is 18.9. The van der Waals surface area contributed by atoms with Gasteiger partial charge in [0.15, 0.2) is 5.54 Å². The molecule has 0 bridgehead atoms. The summed E-state index contributed by atoms with van der Waals surface area (Å²) in [4.78, 5) is 25.3. The fourth-order valence-electron chi connectivity index (χ4n) is 3.17. The summed E-state index contributed by atoms with van der Waals surface area (Å²) < 4.78 is 10.9. The Morgan fingerprint density at radius 2 is 1.55 bits per heavy atom. The summed E-state index contributed by atoms with van der Waals surface area (Å²) in [5, 5.41) is 4.12. The maximum absolute atomic E-state index is 12.9. The van der Waals surface area contributed by atoms with Crippen LogP contribution in [0.25, 0.3) is 0 Å². The number of benzene rings is 2. The molecule has 1 aliphatic rings. The van der Waals surface area contributed by atoms with Crippen molar-refractivity contribution in [1.29, 1.82) is 0 Å². The molecule has 0 radical (unpaired) electrons. The molecule has 1 atom stereocenters. The summed E-state index contributed by atoms with van der Waals surface area (Å²) in [5.41, 5.74) is 3.88. The van der Waals surface area contributed by atoms with E-state index in [0.29, 0.717) is 6.42 Å². The minimum Gasteiger partial charge on any atom is -0.459 e. The number of nitrogens with zero attached hydrogens (tertiary/aromatic N) is 1. The quantitative estimate of drug-likeness (QED) is 0.656. The molecule has 0 spiro atoms. The number of unbranched alkanes of at least 4 members (excludes halogenated alkanes) is 1. The number of esters is 2. The number of rotatable bonds is 9. The molecule has 29 heavy (non-hydrogen) atoms. The SMILES string of the molecule is CCCCC1(C(=O)OCc2ccccc2)CC(C(=O)OCc2ccccc2)=NN1. The topological polar surface area (TPSA) is 77.0 Å². The van der Waals surface area contributed by atoms with Gasteiger partial charge in [0.1, 0.15) is 18.9 Å². The molecule has 0 saturated carbocycles. The first-order valence-corrected chi connectivity index (χ1v) is 9.89. The predicted octanol–water partition coefficient (Wildman–Crippen LogP) is 3.75. The molecule has 0 saturated heterocycles. The zero-order valence-corrected chi connectivity index (χ0v) is 16.6. The van der Waals surface area contributed by atoms with Crippen molar-refractivity contribution in [2.75, 3.05) is 0 Å². The van der Waals surface area contributed by atoms with E-state index in [1.54, 1.807) is 0 Å². The Morgan fingerprint density at radius 3 is 2.14 bits per heavy atom. The molecular formula is C23H26N2O4. The van der Waals surface area contributed by atoms with Gasteiger partial charge in [0.2, 0.25) is 0 Å². The smallest absolute Gasteiger partial charge is 0.354 e. The zero-order valence-electron chi connectivity index (χ0n) is 16.6. The van der Waals surface area contributed by atoms with Crippen LogP contribution in [0.1, 0.15) is 43.7 Å². The number of hydrogen-bond donors (Lipinski definition) is 1. The third-order valence-corrected chi connectivity index (χ3v) is 4.88. The highest BCUT2D eigenvalue weighted by molar-refractivity contribution is 6.37. The van der Waals surface area contributed by atoms with Gasteiger partial charge < -0.3 is 9.47 Å². The Morgan fingerprint density at radius 1 is 0.966 bits per heavy atom. The van der Waals surface area contributed by atoms with E-state index < -0.39 is 17.5 Å². The maximum Gasteiger partial charge on any atom is 0.354 e. The highest BCUT2D eigenvalue weighted by atomic mass is 16.5. The van der Waals surface area contributed by atoms with Crippen LogP contribution in [0.3, 0.4) is 0 Å². The van der Waals surface area contributed by atoms with Crippen LogP contribution in [-0.2, 0) is 32.3 Å². The van der Waals surface area contributed by atoms with Crippen LogP contribution in [0.4, 0.5) is 0 Å². The molecule has 1 unspecified atom stereocenters. The molecule has 152 valence electrons. The molecule has 0 aliphatic carbocycles. The van der Waals surface area contributed by atoms with Crippen molar-refractivity contribution in [3.63, 3.8) is 0 Å². The minimum absolute atomic E-state index is 0.161. The minimum atomic E-state index is -1.02. The molecule has 2 aromatic rings. The van der Waals surface area contributed by atoms with E-state index in [2.05, 4.69) is 10.5 Å². The normalized spacial score (nSPS) is 17.9. The third kappa shape index (κ3) is 5.44. The molecule has 0 aromatic heterocycles. The fraction of sp³-hybridized carbons (Fsp3) is 0.348. The molecule has 0 fully saturated rings. The molecule has 6 heteroatoms. The average molecular weight is 394 g/mol. The van der Waals surface area contributed by atoms with Gasteiger partial charge in [-0.25, -0.2) is 9.59 Å². The van der Waals surface area contributed by atoms with E-state index in [0.717, 1.165) is 24.0 Å². The third-order valence-electron chi connectivity index (χ3n) is 4.88. The van der Waals surface area contributed by atoms with Gasteiger partial charge in [-0.05, 0) is 17.5 Å². The van der Waals surface area contributed by atoms with Gasteiger partial charge in [-0.1, -0.05) is 80.4 Å². The van der Waals surface area contributed by atoms with E-state index in [9.17, 15) is 9.59 Å². The molecule has 1 heterocycles. The maximum atomic E-state index is 12.9. The lowest BCUT2D eigenvalue weighted by atomic mass is 9.88. The second kappa shape index (κ2) is 9.87. The van der Waals surface area contributed by atoms with Crippen LogP contribution in [-0.4, -0.2) is 23.2 Å². The summed E-state index contributed by atoms with van der Waals surface area (Å²) in [5.74, 6) is -0.917. The standard InChI is InChI=1S/C23H26N2O4/c1-2-3-14-23(22(27)29-17-19-12-8-5-9-13-19)15-20(24-25-23)21(26)28-16-18-10-6-4-7-11-18/h4-13,25H,2-3,14-17H2,1H3. The van der Waals surface area contributed by atoms with Crippen molar-refractivity contribution >= 4 is 17.7 Å². The van der Waals surface area contributed by atoms with Crippen LogP contribution < -0.4 is 5.43 Å². The van der Waals surface area contributed by atoms with Crippen LogP contribution in [0, 0.1) is 0 Å². The lowest BCUT2D eigenvalue weighted by Gasteiger charge is -2.26. The first-order chi connectivity index (χ1) is 14.1. The number of carbonyl (C=O) groups excluding carboxylic acids is 2. The monoisotopic (exact) mass is 394 g/mol. The molecular weight excluding hydrogens is 368 g/mol. The van der Waals surface area contributed by atoms with E-state index in [-0.39, 0.29) is 25.3 Å². The van der Waals surface area contributed by atoms with Crippen LogP contribution in [0.2, 0.25) is 0 Å². The second-order valence-electron chi connectivity index (χ2n) is 7.16. The number of ether oxygens (including phenoxy) is 2. The predicted molar refractivity (Wildman–Crippen MR) is 110 cm³/mol. The zero-order chi connectivity index (χ0) is 20.5. The Kier molecular flexibility index (Phi) is 7.00. The van der Waals surface area contributed by atoms with E-state index in [1.165, 1.54) is 0 Å². The van der Waals surface area contributed by atoms with Crippen LogP contribution >= 0.6 is 0 Å². The van der Waals surface area contributed by atoms with Crippen LogP contribution in [0.15, 0.2) is 65.8 Å². The number of hydrazone groups is 1. The van der Waals surface area contributed by atoms with Gasteiger partial charge in [0, 0.05) is 6.42 Å². The van der Waals surface area contributed by atoms with Gasteiger partial charge in [0.05, 0.1) is 0 Å². The largest absolute Gasteiger partial charge is 0.459 e. The highest BCUT2D eigenvalue weighted by Crippen LogP contribution is 2.27. The molecule has 1 aliphatic heterocycles. The Bertz CT molecular complexity index is 852. The van der Waals surface area contributed by atoms with Crippen LogP contribution in [0.5, 0.6) is 0 Å². The fourth-order valence-corrected chi connectivity index (χ4v) is 3.17. The van der Waals surface area contributed by atoms with Gasteiger partial charge in [-0.3, -0.25) is 5.43 Å². The molecule has 6 nitrogen and oxygen atoms in total. The van der Waals surface area contributed by atoms with Crippen molar-refractivity contribution in [2.45, 2.75) is 51.4 Å². The summed E-state index contributed by atoms with van der Waals surface area (Å²) in [7, 11) is 0. The van der Waals surface area contributed by atoms with Crippen molar-refractivity contribution in [3.8, 4) is 0 Å². The average Bonchev–Trinajstić information content (AvgIpc) is 3.21. The number of carbonyl (C=O) groups is 2. The van der Waals surface area contributed by atoms with E-state index >= 15 is 0 Å². The second-order valence-corrected chi connectivity index (χ2v) is 7.16.